The van der Waals surface area contributed by atoms with Crippen molar-refractivity contribution < 1.29 is 4.74 Å². The van der Waals surface area contributed by atoms with Crippen LogP contribution in [0.3, 0.4) is 0 Å². The first-order valence-electron chi connectivity index (χ1n) is 8.45. The van der Waals surface area contributed by atoms with Crippen molar-refractivity contribution >= 4 is 5.96 Å². The van der Waals surface area contributed by atoms with Crippen LogP contribution in [0.5, 0.6) is 0 Å². The Bertz CT molecular complexity index is 361. The molecule has 3 rings (SSSR count). The van der Waals surface area contributed by atoms with E-state index in [9.17, 15) is 0 Å². The summed E-state index contributed by atoms with van der Waals surface area (Å²) in [6, 6.07) is 0.560. The molecular formula is C16H29N3O. The summed E-state index contributed by atoms with van der Waals surface area (Å²) < 4.78 is 5.92. The maximum Gasteiger partial charge on any atom is 0.191 e. The van der Waals surface area contributed by atoms with Crippen molar-refractivity contribution in [3.05, 3.63) is 0 Å². The molecule has 0 aromatic heterocycles. The van der Waals surface area contributed by atoms with Gasteiger partial charge in [0.15, 0.2) is 5.96 Å². The summed E-state index contributed by atoms with van der Waals surface area (Å²) in [7, 11) is 0. The zero-order chi connectivity index (χ0) is 14.0. The Labute approximate surface area is 122 Å². The average Bonchev–Trinajstić information content (AvgIpc) is 3.16. The lowest BCUT2D eigenvalue weighted by Gasteiger charge is -2.61. The SMILES string of the molecule is CCNC(=NCC1CC1)NC1CC(OCC)C12CCC2. The maximum absolute atomic E-state index is 5.92. The fourth-order valence-electron chi connectivity index (χ4n) is 3.65. The summed E-state index contributed by atoms with van der Waals surface area (Å²) in [6.45, 7) is 7.01. The van der Waals surface area contributed by atoms with E-state index in [-0.39, 0.29) is 0 Å². The standard InChI is InChI=1S/C16H29N3O/c1-3-17-15(18-11-12-6-7-12)19-13-10-14(20-4-2)16(13)8-5-9-16/h12-14H,3-11H2,1-2H3,(H2,17,18,19). The van der Waals surface area contributed by atoms with E-state index >= 15 is 0 Å². The lowest BCUT2D eigenvalue weighted by Crippen LogP contribution is -2.68. The lowest BCUT2D eigenvalue weighted by molar-refractivity contribution is -0.168. The molecule has 0 saturated heterocycles. The zero-order valence-corrected chi connectivity index (χ0v) is 13.0. The molecule has 2 N–H and O–H groups in total. The van der Waals surface area contributed by atoms with Crippen LogP contribution in [-0.2, 0) is 4.74 Å². The van der Waals surface area contributed by atoms with Gasteiger partial charge in [-0.2, -0.15) is 0 Å². The van der Waals surface area contributed by atoms with Crippen LogP contribution >= 0.6 is 0 Å². The third-order valence-corrected chi connectivity index (χ3v) is 5.30. The highest BCUT2D eigenvalue weighted by Gasteiger charge is 2.59. The molecule has 114 valence electrons. The van der Waals surface area contributed by atoms with Crippen LogP contribution in [0, 0.1) is 11.3 Å². The van der Waals surface area contributed by atoms with E-state index < -0.39 is 0 Å². The minimum Gasteiger partial charge on any atom is -0.378 e. The van der Waals surface area contributed by atoms with E-state index in [4.69, 9.17) is 9.73 Å². The Morgan fingerprint density at radius 3 is 2.65 bits per heavy atom. The van der Waals surface area contributed by atoms with E-state index in [2.05, 4.69) is 24.5 Å². The number of hydrogen-bond donors (Lipinski definition) is 2. The van der Waals surface area contributed by atoms with Gasteiger partial charge in [0.25, 0.3) is 0 Å². The smallest absolute Gasteiger partial charge is 0.191 e. The molecule has 2 atom stereocenters. The molecule has 0 radical (unpaired) electrons. The van der Waals surface area contributed by atoms with Gasteiger partial charge < -0.3 is 15.4 Å². The first-order valence-corrected chi connectivity index (χ1v) is 8.45. The molecule has 2 unspecified atom stereocenters. The van der Waals surface area contributed by atoms with Crippen LogP contribution in [0.25, 0.3) is 0 Å². The normalized spacial score (nSPS) is 31.6. The summed E-state index contributed by atoms with van der Waals surface area (Å²) >= 11 is 0. The van der Waals surface area contributed by atoms with E-state index in [1.54, 1.807) is 0 Å². The summed E-state index contributed by atoms with van der Waals surface area (Å²) in [4.78, 5) is 4.75. The predicted molar refractivity (Wildman–Crippen MR) is 81.9 cm³/mol. The van der Waals surface area contributed by atoms with E-state index in [0.29, 0.717) is 17.6 Å². The van der Waals surface area contributed by atoms with Crippen molar-refractivity contribution in [3.63, 3.8) is 0 Å². The molecule has 3 aliphatic carbocycles. The molecule has 0 aromatic rings. The number of aliphatic imine (C=N–C) groups is 1. The Hall–Kier alpha value is -0.770. The molecule has 1 spiro atoms. The molecule has 4 nitrogen and oxygen atoms in total. The fraction of sp³-hybridized carbons (Fsp3) is 0.938. The third-order valence-electron chi connectivity index (χ3n) is 5.30. The fourth-order valence-corrected chi connectivity index (χ4v) is 3.65. The summed E-state index contributed by atoms with van der Waals surface area (Å²) in [6.07, 6.45) is 8.34. The Kier molecular flexibility index (Phi) is 4.20. The third kappa shape index (κ3) is 2.67. The number of guanidine groups is 1. The second-order valence-electron chi connectivity index (χ2n) is 6.63. The van der Waals surface area contributed by atoms with Gasteiger partial charge in [0.05, 0.1) is 6.10 Å². The van der Waals surface area contributed by atoms with Gasteiger partial charge >= 0.3 is 0 Å². The van der Waals surface area contributed by atoms with Gasteiger partial charge in [0, 0.05) is 31.2 Å². The van der Waals surface area contributed by atoms with Crippen molar-refractivity contribution in [2.24, 2.45) is 16.3 Å². The zero-order valence-electron chi connectivity index (χ0n) is 13.0. The molecule has 0 aliphatic heterocycles. The Morgan fingerprint density at radius 1 is 1.30 bits per heavy atom. The molecule has 3 saturated carbocycles. The molecule has 0 aromatic carbocycles. The van der Waals surface area contributed by atoms with Gasteiger partial charge in [-0.05, 0) is 51.9 Å². The lowest BCUT2D eigenvalue weighted by atomic mass is 9.51. The van der Waals surface area contributed by atoms with Crippen molar-refractivity contribution in [1.29, 1.82) is 0 Å². The largest absolute Gasteiger partial charge is 0.378 e. The Morgan fingerprint density at radius 2 is 2.10 bits per heavy atom. The van der Waals surface area contributed by atoms with Crippen LogP contribution in [-0.4, -0.2) is 37.8 Å². The van der Waals surface area contributed by atoms with Crippen molar-refractivity contribution in [2.45, 2.75) is 64.5 Å². The van der Waals surface area contributed by atoms with Crippen LogP contribution in [0.15, 0.2) is 4.99 Å². The topological polar surface area (TPSA) is 45.7 Å². The minimum absolute atomic E-state index is 0.409. The summed E-state index contributed by atoms with van der Waals surface area (Å²) in [5.74, 6) is 1.87. The maximum atomic E-state index is 5.92. The van der Waals surface area contributed by atoms with Crippen LogP contribution in [0.2, 0.25) is 0 Å². The monoisotopic (exact) mass is 279 g/mol. The summed E-state index contributed by atoms with van der Waals surface area (Å²) in [5, 5.41) is 7.07. The van der Waals surface area contributed by atoms with Gasteiger partial charge in [-0.25, -0.2) is 0 Å². The molecule has 3 fully saturated rings. The number of rotatable bonds is 6. The molecule has 20 heavy (non-hydrogen) atoms. The number of nitrogens with one attached hydrogen (secondary N) is 2. The van der Waals surface area contributed by atoms with Gasteiger partial charge in [-0.3, -0.25) is 4.99 Å². The van der Waals surface area contributed by atoms with E-state index in [1.807, 2.05) is 0 Å². The highest BCUT2D eigenvalue weighted by atomic mass is 16.5. The first-order chi connectivity index (χ1) is 9.78. The van der Waals surface area contributed by atoms with Gasteiger partial charge in [-0.1, -0.05) is 6.42 Å². The van der Waals surface area contributed by atoms with Crippen LogP contribution in [0.4, 0.5) is 0 Å². The average molecular weight is 279 g/mol. The molecule has 3 aliphatic rings. The molecule has 4 heteroatoms. The molecule has 0 bridgehead atoms. The molecule has 0 heterocycles. The quantitative estimate of drug-likeness (QED) is 0.579. The van der Waals surface area contributed by atoms with Gasteiger partial charge in [0.1, 0.15) is 0 Å². The van der Waals surface area contributed by atoms with Crippen molar-refractivity contribution in [3.8, 4) is 0 Å². The van der Waals surface area contributed by atoms with E-state index in [1.165, 1.54) is 32.1 Å². The van der Waals surface area contributed by atoms with Gasteiger partial charge in [0.2, 0.25) is 0 Å². The van der Waals surface area contributed by atoms with Crippen molar-refractivity contribution in [2.75, 3.05) is 19.7 Å². The van der Waals surface area contributed by atoms with E-state index in [0.717, 1.165) is 38.0 Å². The molecule has 0 amide bonds. The van der Waals surface area contributed by atoms with Crippen LogP contribution in [0.1, 0.15) is 52.4 Å². The number of ether oxygens (including phenoxy) is 1. The highest BCUT2D eigenvalue weighted by Crippen LogP contribution is 2.57. The summed E-state index contributed by atoms with van der Waals surface area (Å²) in [5.41, 5.74) is 0.409. The number of nitrogens with zero attached hydrogens (tertiary/aromatic N) is 1. The van der Waals surface area contributed by atoms with Crippen LogP contribution < -0.4 is 10.6 Å². The Balaban J connectivity index is 1.56. The highest BCUT2D eigenvalue weighted by molar-refractivity contribution is 5.80. The first kappa shape index (κ1) is 14.2. The predicted octanol–water partition coefficient (Wildman–Crippen LogP) is 2.30. The second kappa shape index (κ2) is 5.92. The second-order valence-corrected chi connectivity index (χ2v) is 6.63. The minimum atomic E-state index is 0.409. The van der Waals surface area contributed by atoms with Gasteiger partial charge in [-0.15, -0.1) is 0 Å². The van der Waals surface area contributed by atoms with Crippen molar-refractivity contribution in [1.82, 2.24) is 10.6 Å². The molecular weight excluding hydrogens is 250 g/mol. The number of hydrogen-bond acceptors (Lipinski definition) is 2.